The number of phenols is 1. The van der Waals surface area contributed by atoms with E-state index in [0.717, 1.165) is 0 Å². The summed E-state index contributed by atoms with van der Waals surface area (Å²) in [5, 5.41) is 10.2. The molecule has 0 saturated heterocycles. The molecule has 2 rings (SSSR count). The third-order valence-electron chi connectivity index (χ3n) is 3.58. The Bertz CT molecular complexity index is 1000. The van der Waals surface area contributed by atoms with Gasteiger partial charge in [-0.25, -0.2) is 8.42 Å². The molecule has 0 aromatic heterocycles. The Kier molecular flexibility index (Phi) is 6.78. The van der Waals surface area contributed by atoms with Gasteiger partial charge in [0.1, 0.15) is 11.4 Å². The topological polar surface area (TPSA) is 116 Å². The molecule has 0 aliphatic heterocycles. The molecule has 4 N–H and O–H groups in total. The van der Waals surface area contributed by atoms with E-state index in [1.165, 1.54) is 18.2 Å². The van der Waals surface area contributed by atoms with Gasteiger partial charge >= 0.3 is 10.4 Å². The van der Waals surface area contributed by atoms with E-state index in [1.54, 1.807) is 45.0 Å². The van der Waals surface area contributed by atoms with Crippen LogP contribution in [0.2, 0.25) is 5.02 Å². The molecule has 0 aliphatic carbocycles. The van der Waals surface area contributed by atoms with Gasteiger partial charge in [-0.05, 0) is 55.2 Å². The highest BCUT2D eigenvalue weighted by molar-refractivity contribution is 7.96. The first-order valence-corrected chi connectivity index (χ1v) is 12.0. The third-order valence-corrected chi connectivity index (χ3v) is 6.93. The van der Waals surface area contributed by atoms with Crippen molar-refractivity contribution in [1.29, 1.82) is 0 Å². The van der Waals surface area contributed by atoms with E-state index >= 15 is 0 Å². The Labute approximate surface area is 171 Å². The Morgan fingerprint density at radius 2 is 1.79 bits per heavy atom. The lowest BCUT2D eigenvalue weighted by molar-refractivity contribution is 0.437. The molecule has 1 unspecified atom stereocenters. The van der Waals surface area contributed by atoms with Gasteiger partial charge in [-0.15, -0.1) is 0 Å². The van der Waals surface area contributed by atoms with Crippen molar-refractivity contribution in [2.45, 2.75) is 37.6 Å². The van der Waals surface area contributed by atoms with Crippen molar-refractivity contribution in [2.24, 2.45) is 0 Å². The number of anilines is 1. The van der Waals surface area contributed by atoms with E-state index in [-0.39, 0.29) is 28.5 Å². The van der Waals surface area contributed by atoms with Crippen LogP contribution in [-0.4, -0.2) is 29.4 Å². The van der Waals surface area contributed by atoms with Crippen molar-refractivity contribution < 1.29 is 22.3 Å². The van der Waals surface area contributed by atoms with Crippen LogP contribution in [0.4, 0.5) is 5.69 Å². The maximum atomic E-state index is 12.7. The second-order valence-electron chi connectivity index (χ2n) is 7.32. The molecule has 0 spiro atoms. The largest absolute Gasteiger partial charge is 0.508 e. The zero-order chi connectivity index (χ0) is 21.2. The van der Waals surface area contributed by atoms with Crippen LogP contribution >= 0.6 is 11.6 Å². The molecule has 0 saturated carbocycles. The Hall–Kier alpha value is -1.65. The number of benzene rings is 2. The normalized spacial score (nSPS) is 14.5. The number of phenolic OH excluding ortho intramolecular Hbond substituents is 1. The van der Waals surface area contributed by atoms with Crippen LogP contribution in [0.3, 0.4) is 0 Å². The molecule has 0 heterocycles. The van der Waals surface area contributed by atoms with Gasteiger partial charge in [0.15, 0.2) is 0 Å². The predicted molar refractivity (Wildman–Crippen MR) is 113 cm³/mol. The molecule has 0 bridgehead atoms. The van der Waals surface area contributed by atoms with Crippen LogP contribution in [0.15, 0.2) is 47.4 Å². The Balaban J connectivity index is 2.21. The number of para-hydroxylation sites is 1. The minimum atomic E-state index is -3.84. The second kappa shape index (κ2) is 8.38. The molecule has 0 aliphatic rings. The first kappa shape index (κ1) is 22.6. The number of aryl methyl sites for hydroxylation is 1. The molecule has 2 aromatic carbocycles. The van der Waals surface area contributed by atoms with Crippen molar-refractivity contribution in [2.75, 3.05) is 10.5 Å². The third kappa shape index (κ3) is 6.46. The number of halogens is 1. The minimum Gasteiger partial charge on any atom is -0.508 e. The van der Waals surface area contributed by atoms with Crippen LogP contribution in [0, 0.1) is 0 Å². The quantitative estimate of drug-likeness (QED) is 0.483. The summed E-state index contributed by atoms with van der Waals surface area (Å²) in [6, 6.07) is 10.4. The number of rotatable bonds is 7. The molecule has 7 nitrogen and oxygen atoms in total. The zero-order valence-electron chi connectivity index (χ0n) is 15.8. The number of aromatic hydroxyl groups is 1. The van der Waals surface area contributed by atoms with Crippen LogP contribution in [0.1, 0.15) is 26.3 Å². The summed E-state index contributed by atoms with van der Waals surface area (Å²) in [7, 11) is -7.53. The van der Waals surface area contributed by atoms with Crippen LogP contribution in [0.5, 0.6) is 5.75 Å². The summed E-state index contributed by atoms with van der Waals surface area (Å²) >= 11 is 5.77. The predicted octanol–water partition coefficient (Wildman–Crippen LogP) is 3.66. The SMILES string of the molecule is CC(C)(C)N[S+](=O)(O)c1ccccc1NS(=O)(=O)CCc1ccc(Cl)cc1O. The van der Waals surface area contributed by atoms with Crippen molar-refractivity contribution in [3.63, 3.8) is 0 Å². The van der Waals surface area contributed by atoms with Crippen molar-refractivity contribution in [3.8, 4) is 5.75 Å². The molecule has 0 fully saturated rings. The molecule has 28 heavy (non-hydrogen) atoms. The van der Waals surface area contributed by atoms with Gasteiger partial charge in [-0.3, -0.25) is 4.72 Å². The van der Waals surface area contributed by atoms with E-state index in [2.05, 4.69) is 9.44 Å². The highest BCUT2D eigenvalue weighted by Gasteiger charge is 2.37. The molecule has 0 radical (unpaired) electrons. The molecule has 10 heteroatoms. The van der Waals surface area contributed by atoms with Crippen molar-refractivity contribution >= 4 is 37.7 Å². The van der Waals surface area contributed by atoms with E-state index in [4.69, 9.17) is 11.6 Å². The Morgan fingerprint density at radius 1 is 1.14 bits per heavy atom. The summed E-state index contributed by atoms with van der Waals surface area (Å²) in [6.07, 6.45) is 0.0508. The highest BCUT2D eigenvalue weighted by Crippen LogP contribution is 2.27. The summed E-state index contributed by atoms with van der Waals surface area (Å²) in [6.45, 7) is 5.19. The van der Waals surface area contributed by atoms with Crippen molar-refractivity contribution in [1.82, 2.24) is 4.72 Å². The number of hydrogen-bond donors (Lipinski definition) is 4. The fourth-order valence-corrected chi connectivity index (χ4v) is 5.43. The van der Waals surface area contributed by atoms with Gasteiger partial charge in [0, 0.05) is 11.1 Å². The molecule has 1 atom stereocenters. The second-order valence-corrected chi connectivity index (χ2v) is 11.3. The van der Waals surface area contributed by atoms with Gasteiger partial charge in [-0.1, -0.05) is 34.5 Å². The first-order valence-electron chi connectivity index (χ1n) is 8.42. The smallest absolute Gasteiger partial charge is 0.325 e. The lowest BCUT2D eigenvalue weighted by atomic mass is 10.1. The van der Waals surface area contributed by atoms with Crippen LogP contribution in [-0.2, 0) is 31.1 Å². The molecular formula is C18H24ClN2O5S2+. The number of nitrogens with one attached hydrogen (secondary N) is 2. The standard InChI is InChI=1S/C18H23ClN2O5S2/c1-18(2,3)21-28(25,26)17-7-5-4-6-15(17)20-27(23,24)11-10-13-8-9-14(19)12-16(13)22/h4-9,12H,10-11H2,1-3H3,(H3-,20,21,22,25,26)/p+1. The van der Waals surface area contributed by atoms with Gasteiger partial charge in [-0.2, -0.15) is 4.55 Å². The van der Waals surface area contributed by atoms with E-state index in [1.807, 2.05) is 0 Å². The Morgan fingerprint density at radius 3 is 2.39 bits per heavy atom. The van der Waals surface area contributed by atoms with E-state index < -0.39 is 26.0 Å². The summed E-state index contributed by atoms with van der Waals surface area (Å²) < 4.78 is 53.1. The molecule has 2 aromatic rings. The first-order chi connectivity index (χ1) is 12.8. The summed E-state index contributed by atoms with van der Waals surface area (Å²) in [4.78, 5) is -0.0529. The van der Waals surface area contributed by atoms with Gasteiger partial charge in [0.25, 0.3) is 0 Å². The average Bonchev–Trinajstić information content (AvgIpc) is 2.51. The molecule has 0 amide bonds. The van der Waals surface area contributed by atoms with Gasteiger partial charge in [0.05, 0.1) is 11.3 Å². The number of sulfonamides is 1. The van der Waals surface area contributed by atoms with Gasteiger partial charge < -0.3 is 5.11 Å². The minimum absolute atomic E-state index is 0.0204. The average molecular weight is 448 g/mol. The maximum absolute atomic E-state index is 12.7. The monoisotopic (exact) mass is 447 g/mol. The molecule has 154 valence electrons. The lowest BCUT2D eigenvalue weighted by Gasteiger charge is -2.19. The van der Waals surface area contributed by atoms with Crippen LogP contribution < -0.4 is 9.44 Å². The molecular weight excluding hydrogens is 424 g/mol. The van der Waals surface area contributed by atoms with Crippen molar-refractivity contribution in [3.05, 3.63) is 53.1 Å². The van der Waals surface area contributed by atoms with E-state index in [9.17, 15) is 22.3 Å². The van der Waals surface area contributed by atoms with Crippen LogP contribution in [0.25, 0.3) is 0 Å². The zero-order valence-corrected chi connectivity index (χ0v) is 18.2. The van der Waals surface area contributed by atoms with E-state index in [0.29, 0.717) is 10.6 Å². The number of hydrogen-bond acceptors (Lipinski definition) is 4. The van der Waals surface area contributed by atoms with Gasteiger partial charge in [0.2, 0.25) is 14.9 Å². The lowest BCUT2D eigenvalue weighted by Crippen LogP contribution is -2.44. The summed E-state index contributed by atoms with van der Waals surface area (Å²) in [5.41, 5.74) is -0.209. The fraction of sp³-hybridized carbons (Fsp3) is 0.333. The highest BCUT2D eigenvalue weighted by atomic mass is 35.5. The fourth-order valence-electron chi connectivity index (χ4n) is 2.47. The summed E-state index contributed by atoms with van der Waals surface area (Å²) in [5.74, 6) is -0.411. The maximum Gasteiger partial charge on any atom is 0.325 e.